The minimum Gasteiger partial charge on any atom is -0.507 e. The summed E-state index contributed by atoms with van der Waals surface area (Å²) in [5, 5.41) is 11.0. The first-order valence-electron chi connectivity index (χ1n) is 12.6. The highest BCUT2D eigenvalue weighted by atomic mass is 16.5. The van der Waals surface area contributed by atoms with Crippen molar-refractivity contribution in [1.82, 2.24) is 4.90 Å². The van der Waals surface area contributed by atoms with Crippen LogP contribution in [-0.2, 0) is 11.3 Å². The Labute approximate surface area is 212 Å². The van der Waals surface area contributed by atoms with E-state index in [1.165, 1.54) is 6.07 Å². The van der Waals surface area contributed by atoms with Gasteiger partial charge in [0.25, 0.3) is 0 Å². The largest absolute Gasteiger partial charge is 0.507 e. The van der Waals surface area contributed by atoms with Gasteiger partial charge in [-0.05, 0) is 61.6 Å². The third kappa shape index (κ3) is 6.66. The number of benzene rings is 2. The van der Waals surface area contributed by atoms with Gasteiger partial charge in [0, 0.05) is 19.6 Å². The third-order valence-electron chi connectivity index (χ3n) is 5.64. The molecule has 194 valence electrons. The first kappa shape index (κ1) is 27.3. The molecule has 7 heteroatoms. The molecule has 36 heavy (non-hydrogen) atoms. The molecule has 0 aliphatic carbocycles. The number of aryl methyl sites for hydroxylation is 1. The van der Waals surface area contributed by atoms with Crippen molar-refractivity contribution in [3.05, 3.63) is 63.5 Å². The van der Waals surface area contributed by atoms with Crippen LogP contribution in [0, 0.1) is 18.8 Å². The summed E-state index contributed by atoms with van der Waals surface area (Å²) in [6, 6.07) is 9.52. The van der Waals surface area contributed by atoms with E-state index in [2.05, 4.69) is 32.6 Å². The molecule has 0 bridgehead atoms. The summed E-state index contributed by atoms with van der Waals surface area (Å²) in [6.45, 7) is 14.8. The van der Waals surface area contributed by atoms with Gasteiger partial charge in [0.2, 0.25) is 11.2 Å². The Hall–Kier alpha value is -3.32. The van der Waals surface area contributed by atoms with Gasteiger partial charge in [0.1, 0.15) is 22.8 Å². The van der Waals surface area contributed by atoms with E-state index in [1.54, 1.807) is 37.3 Å². The van der Waals surface area contributed by atoms with Crippen LogP contribution in [0.2, 0.25) is 0 Å². The van der Waals surface area contributed by atoms with E-state index in [4.69, 9.17) is 13.9 Å². The molecule has 0 fully saturated rings. The standard InChI is InChI=1S/C29H37NO6/c1-7-14-34-29(33)21-8-10-22(11-9-21)36-27-20(6)35-28-23(26(27)32)12-13-25(31)24(28)17-30(15-18(2)3)16-19(4)5/h8-13,18-19,31H,7,14-17H2,1-6H3. The topological polar surface area (TPSA) is 89.2 Å². The number of hydrogen-bond acceptors (Lipinski definition) is 7. The second-order valence-electron chi connectivity index (χ2n) is 10.0. The molecule has 0 radical (unpaired) electrons. The second-order valence-corrected chi connectivity index (χ2v) is 10.0. The Kier molecular flexibility index (Phi) is 9.15. The predicted molar refractivity (Wildman–Crippen MR) is 141 cm³/mol. The maximum absolute atomic E-state index is 13.4. The van der Waals surface area contributed by atoms with E-state index < -0.39 is 5.97 Å². The third-order valence-corrected chi connectivity index (χ3v) is 5.64. The zero-order valence-corrected chi connectivity index (χ0v) is 22.1. The summed E-state index contributed by atoms with van der Waals surface area (Å²) in [5.41, 5.74) is 1.05. The van der Waals surface area contributed by atoms with Gasteiger partial charge in [-0.1, -0.05) is 34.6 Å². The van der Waals surface area contributed by atoms with E-state index in [0.717, 1.165) is 19.5 Å². The smallest absolute Gasteiger partial charge is 0.338 e. The first-order valence-corrected chi connectivity index (χ1v) is 12.6. The molecule has 7 nitrogen and oxygen atoms in total. The molecule has 2 aromatic carbocycles. The number of hydrogen-bond donors (Lipinski definition) is 1. The maximum Gasteiger partial charge on any atom is 0.338 e. The van der Waals surface area contributed by atoms with Crippen molar-refractivity contribution < 1.29 is 23.8 Å². The van der Waals surface area contributed by atoms with Crippen LogP contribution in [0.1, 0.15) is 62.7 Å². The minimum absolute atomic E-state index is 0.0710. The van der Waals surface area contributed by atoms with Crippen molar-refractivity contribution in [2.24, 2.45) is 11.8 Å². The normalized spacial score (nSPS) is 11.6. The number of carbonyl (C=O) groups is 1. The molecule has 0 saturated heterocycles. The van der Waals surface area contributed by atoms with Gasteiger partial charge in [-0.3, -0.25) is 9.69 Å². The molecule has 3 rings (SSSR count). The first-order chi connectivity index (χ1) is 17.1. The van der Waals surface area contributed by atoms with Crippen LogP contribution >= 0.6 is 0 Å². The molecular weight excluding hydrogens is 458 g/mol. The molecule has 0 saturated carbocycles. The number of ether oxygens (including phenoxy) is 2. The Morgan fingerprint density at radius 2 is 1.67 bits per heavy atom. The summed E-state index contributed by atoms with van der Waals surface area (Å²) in [6.07, 6.45) is 0.747. The van der Waals surface area contributed by atoms with Crippen molar-refractivity contribution >= 4 is 16.9 Å². The average Bonchev–Trinajstić information content (AvgIpc) is 2.81. The Bertz CT molecular complexity index is 1230. The van der Waals surface area contributed by atoms with Gasteiger partial charge in [0.15, 0.2) is 0 Å². The van der Waals surface area contributed by atoms with Crippen LogP contribution in [0.15, 0.2) is 45.6 Å². The fraction of sp³-hybridized carbons (Fsp3) is 0.448. The van der Waals surface area contributed by atoms with Crippen LogP contribution in [0.3, 0.4) is 0 Å². The minimum atomic E-state index is -0.402. The summed E-state index contributed by atoms with van der Waals surface area (Å²) in [4.78, 5) is 27.7. The number of aromatic hydroxyl groups is 1. The van der Waals surface area contributed by atoms with Crippen LogP contribution in [0.25, 0.3) is 11.0 Å². The van der Waals surface area contributed by atoms with Crippen molar-refractivity contribution in [3.8, 4) is 17.2 Å². The van der Waals surface area contributed by atoms with Crippen LogP contribution in [0.4, 0.5) is 0 Å². The number of phenolic OH excluding ortho intramolecular Hbond substituents is 1. The molecule has 0 spiro atoms. The lowest BCUT2D eigenvalue weighted by molar-refractivity contribution is 0.0505. The van der Waals surface area contributed by atoms with Crippen molar-refractivity contribution in [2.75, 3.05) is 19.7 Å². The zero-order valence-electron chi connectivity index (χ0n) is 22.1. The van der Waals surface area contributed by atoms with Gasteiger partial charge < -0.3 is 19.0 Å². The van der Waals surface area contributed by atoms with Gasteiger partial charge in [-0.15, -0.1) is 0 Å². The van der Waals surface area contributed by atoms with Gasteiger partial charge in [-0.25, -0.2) is 4.79 Å². The molecule has 1 N–H and O–H groups in total. The summed E-state index contributed by atoms with van der Waals surface area (Å²) in [5.74, 6) is 1.38. The second kappa shape index (κ2) is 12.1. The summed E-state index contributed by atoms with van der Waals surface area (Å²) >= 11 is 0. The lowest BCUT2D eigenvalue weighted by atomic mass is 10.1. The number of fused-ring (bicyclic) bond motifs is 1. The highest BCUT2D eigenvalue weighted by Crippen LogP contribution is 2.32. The van der Waals surface area contributed by atoms with Crippen LogP contribution < -0.4 is 10.2 Å². The fourth-order valence-electron chi connectivity index (χ4n) is 4.18. The predicted octanol–water partition coefficient (Wildman–Crippen LogP) is 6.28. The van der Waals surface area contributed by atoms with E-state index in [0.29, 0.717) is 58.6 Å². The quantitative estimate of drug-likeness (QED) is 0.313. The summed E-state index contributed by atoms with van der Waals surface area (Å²) < 4.78 is 17.1. The SMILES string of the molecule is CCCOC(=O)c1ccc(Oc2c(C)oc3c(CN(CC(C)C)CC(C)C)c(O)ccc3c2=O)cc1. The van der Waals surface area contributed by atoms with E-state index in [-0.39, 0.29) is 16.9 Å². The molecule has 3 aromatic rings. The van der Waals surface area contributed by atoms with Crippen LogP contribution in [0.5, 0.6) is 17.2 Å². The van der Waals surface area contributed by atoms with E-state index >= 15 is 0 Å². The Morgan fingerprint density at radius 1 is 1.03 bits per heavy atom. The highest BCUT2D eigenvalue weighted by molar-refractivity contribution is 5.89. The van der Waals surface area contributed by atoms with E-state index in [9.17, 15) is 14.7 Å². The summed E-state index contributed by atoms with van der Waals surface area (Å²) in [7, 11) is 0. The zero-order chi connectivity index (χ0) is 26.4. The van der Waals surface area contributed by atoms with Crippen molar-refractivity contribution in [2.45, 2.75) is 54.5 Å². The number of carbonyl (C=O) groups excluding carboxylic acids is 1. The van der Waals surface area contributed by atoms with Crippen molar-refractivity contribution in [1.29, 1.82) is 0 Å². The molecular formula is C29H37NO6. The highest BCUT2D eigenvalue weighted by Gasteiger charge is 2.21. The average molecular weight is 496 g/mol. The maximum atomic E-state index is 13.4. The number of esters is 1. The van der Waals surface area contributed by atoms with Gasteiger partial charge in [0.05, 0.1) is 23.1 Å². The molecule has 1 aromatic heterocycles. The molecule has 0 unspecified atom stereocenters. The van der Waals surface area contributed by atoms with Crippen LogP contribution in [-0.4, -0.2) is 35.7 Å². The molecule has 0 aliphatic rings. The monoisotopic (exact) mass is 495 g/mol. The van der Waals surface area contributed by atoms with E-state index in [1.807, 2.05) is 6.92 Å². The Morgan fingerprint density at radius 3 is 2.25 bits per heavy atom. The molecule has 0 amide bonds. The molecule has 0 aliphatic heterocycles. The fourth-order valence-corrected chi connectivity index (χ4v) is 4.18. The van der Waals surface area contributed by atoms with Gasteiger partial charge >= 0.3 is 5.97 Å². The Balaban J connectivity index is 1.94. The molecule has 0 atom stereocenters. The lowest BCUT2D eigenvalue weighted by Crippen LogP contribution is -2.31. The van der Waals surface area contributed by atoms with Gasteiger partial charge in [-0.2, -0.15) is 0 Å². The number of phenols is 1. The molecule has 1 heterocycles. The number of rotatable bonds is 11. The lowest BCUT2D eigenvalue weighted by Gasteiger charge is -2.26. The number of nitrogens with zero attached hydrogens (tertiary/aromatic N) is 1. The van der Waals surface area contributed by atoms with Crippen molar-refractivity contribution in [3.63, 3.8) is 0 Å².